The van der Waals surface area contributed by atoms with Gasteiger partial charge in [-0.3, -0.25) is 9.59 Å². The fourth-order valence-electron chi connectivity index (χ4n) is 3.27. The zero-order valence-corrected chi connectivity index (χ0v) is 18.9. The van der Waals surface area contributed by atoms with Gasteiger partial charge in [-0.1, -0.05) is 13.3 Å². The predicted molar refractivity (Wildman–Crippen MR) is 113 cm³/mol. The Bertz CT molecular complexity index is 912. The van der Waals surface area contributed by atoms with Gasteiger partial charge in [0.2, 0.25) is 0 Å². The van der Waals surface area contributed by atoms with E-state index in [9.17, 15) is 22.8 Å². The first-order chi connectivity index (χ1) is 14.7. The van der Waals surface area contributed by atoms with Crippen LogP contribution >= 0.6 is 0 Å². The molecule has 1 saturated heterocycles. The Balaban J connectivity index is 1.90. The predicted octanol–water partition coefficient (Wildman–Crippen LogP) is 1.64. The Morgan fingerprint density at radius 2 is 1.90 bits per heavy atom. The van der Waals surface area contributed by atoms with Gasteiger partial charge in [-0.25, -0.2) is 13.2 Å². The van der Waals surface area contributed by atoms with Crippen LogP contribution in [0.2, 0.25) is 0 Å². The third-order valence-electron chi connectivity index (χ3n) is 4.99. The molecule has 31 heavy (non-hydrogen) atoms. The van der Waals surface area contributed by atoms with Gasteiger partial charge in [0.15, 0.2) is 40.3 Å². The van der Waals surface area contributed by atoms with Gasteiger partial charge in [0.1, 0.15) is 0 Å². The number of sulfone groups is 1. The molecule has 1 atom stereocenters. The largest absolute Gasteiger partial charge is 0.493 e. The number of benzene rings is 1. The zero-order valence-electron chi connectivity index (χ0n) is 18.1. The summed E-state index contributed by atoms with van der Waals surface area (Å²) in [5.41, 5.74) is 0.443. The number of Topliss-reactive ketones (excluding diaryl/α,β-unsaturated/α-hetero) is 1. The molecule has 1 aromatic carbocycles. The van der Waals surface area contributed by atoms with Gasteiger partial charge >= 0.3 is 5.97 Å². The minimum Gasteiger partial charge on any atom is -0.493 e. The van der Waals surface area contributed by atoms with E-state index in [2.05, 4.69) is 0 Å². The minimum absolute atomic E-state index is 0.0600. The summed E-state index contributed by atoms with van der Waals surface area (Å²) in [7, 11) is -1.73. The minimum atomic E-state index is -3.14. The second kappa shape index (κ2) is 11.1. The number of esters is 1. The van der Waals surface area contributed by atoms with Crippen LogP contribution in [0.5, 0.6) is 11.5 Å². The maximum atomic E-state index is 12.6. The van der Waals surface area contributed by atoms with Crippen molar-refractivity contribution in [3.05, 3.63) is 23.8 Å². The Hall–Kier alpha value is -2.62. The van der Waals surface area contributed by atoms with Crippen LogP contribution in [-0.2, 0) is 24.2 Å². The van der Waals surface area contributed by atoms with E-state index in [0.717, 1.165) is 12.8 Å². The fraction of sp³-hybridized carbons (Fsp3) is 0.571. The van der Waals surface area contributed by atoms with Gasteiger partial charge in [0, 0.05) is 18.2 Å². The number of hydrogen-bond donors (Lipinski definition) is 0. The highest BCUT2D eigenvalue weighted by Crippen LogP contribution is 2.28. The lowest BCUT2D eigenvalue weighted by Gasteiger charge is -2.28. The highest BCUT2D eigenvalue weighted by Gasteiger charge is 2.34. The maximum Gasteiger partial charge on any atom is 0.344 e. The van der Waals surface area contributed by atoms with Crippen LogP contribution in [0, 0.1) is 0 Å². The van der Waals surface area contributed by atoms with Crippen LogP contribution in [0.4, 0.5) is 0 Å². The van der Waals surface area contributed by atoms with Crippen molar-refractivity contribution in [2.75, 3.05) is 38.4 Å². The van der Waals surface area contributed by atoms with E-state index >= 15 is 0 Å². The second-order valence-electron chi connectivity index (χ2n) is 7.37. The number of rotatable bonds is 11. The summed E-state index contributed by atoms with van der Waals surface area (Å²) in [6.07, 6.45) is 1.97. The number of methoxy groups -OCH3 is 1. The van der Waals surface area contributed by atoms with Crippen LogP contribution in [-0.4, -0.2) is 75.4 Å². The van der Waals surface area contributed by atoms with Crippen LogP contribution < -0.4 is 9.47 Å². The molecule has 0 saturated carbocycles. The second-order valence-corrected chi connectivity index (χ2v) is 9.60. The molecule has 2 rings (SSSR count). The van der Waals surface area contributed by atoms with Crippen LogP contribution in [0.25, 0.3) is 0 Å². The molecular weight excluding hydrogens is 426 g/mol. The lowest BCUT2D eigenvalue weighted by molar-refractivity contribution is -0.154. The molecule has 0 bridgehead atoms. The monoisotopic (exact) mass is 455 g/mol. The Labute approximate surface area is 182 Å². The highest BCUT2D eigenvalue weighted by molar-refractivity contribution is 7.91. The quantitative estimate of drug-likeness (QED) is 0.365. The summed E-state index contributed by atoms with van der Waals surface area (Å²) in [5.74, 6) is -0.749. The SMILES string of the molecule is CCCCN(C(=O)COC(=O)COc1ccc(C(C)=O)cc1OC)C1CCS(=O)(=O)C1. The van der Waals surface area contributed by atoms with E-state index in [4.69, 9.17) is 14.2 Å². The van der Waals surface area contributed by atoms with Gasteiger partial charge in [-0.2, -0.15) is 0 Å². The molecule has 0 radical (unpaired) electrons. The van der Waals surface area contributed by atoms with Crippen LogP contribution in [0.3, 0.4) is 0 Å². The molecule has 0 aliphatic carbocycles. The van der Waals surface area contributed by atoms with E-state index in [1.165, 1.54) is 31.1 Å². The molecular formula is C21H29NO8S. The molecule has 1 unspecified atom stereocenters. The lowest BCUT2D eigenvalue weighted by atomic mass is 10.1. The van der Waals surface area contributed by atoms with Crippen molar-refractivity contribution in [1.29, 1.82) is 0 Å². The van der Waals surface area contributed by atoms with Gasteiger partial charge in [-0.15, -0.1) is 0 Å². The highest BCUT2D eigenvalue weighted by atomic mass is 32.2. The van der Waals surface area contributed by atoms with Crippen molar-refractivity contribution in [3.63, 3.8) is 0 Å². The average Bonchev–Trinajstić information content (AvgIpc) is 3.09. The molecule has 172 valence electrons. The van der Waals surface area contributed by atoms with Crippen molar-refractivity contribution < 1.29 is 37.0 Å². The number of ether oxygens (including phenoxy) is 3. The molecule has 0 aromatic heterocycles. The van der Waals surface area contributed by atoms with Crippen LogP contribution in [0.15, 0.2) is 18.2 Å². The number of nitrogens with zero attached hydrogens (tertiary/aromatic N) is 1. The molecule has 9 nitrogen and oxygen atoms in total. The third-order valence-corrected chi connectivity index (χ3v) is 6.74. The smallest absolute Gasteiger partial charge is 0.344 e. The van der Waals surface area contributed by atoms with Gasteiger partial charge in [0.25, 0.3) is 5.91 Å². The van der Waals surface area contributed by atoms with E-state index in [0.29, 0.717) is 24.3 Å². The van der Waals surface area contributed by atoms with E-state index < -0.39 is 34.9 Å². The molecule has 1 fully saturated rings. The Morgan fingerprint density at radius 3 is 2.48 bits per heavy atom. The molecule has 1 aliphatic rings. The number of unbranched alkanes of at least 4 members (excludes halogenated alkanes) is 1. The molecule has 1 aliphatic heterocycles. The average molecular weight is 456 g/mol. The molecule has 0 N–H and O–H groups in total. The standard InChI is InChI=1S/C21H29NO8S/c1-4-5-9-22(17-8-10-31(26,27)14-17)20(24)12-30-21(25)13-29-18-7-6-16(15(2)23)11-19(18)28-3/h6-7,11,17H,4-5,8-10,12-14H2,1-3H3. The molecule has 1 heterocycles. The number of carbonyl (C=O) groups is 3. The summed E-state index contributed by atoms with van der Waals surface area (Å²) >= 11 is 0. The molecule has 0 spiro atoms. The van der Waals surface area contributed by atoms with Gasteiger partial charge in [0.05, 0.1) is 18.6 Å². The Kier molecular flexibility index (Phi) is 8.85. The maximum absolute atomic E-state index is 12.6. The van der Waals surface area contributed by atoms with E-state index in [1.54, 1.807) is 6.07 Å². The van der Waals surface area contributed by atoms with Crippen molar-refractivity contribution in [2.24, 2.45) is 0 Å². The van der Waals surface area contributed by atoms with Crippen molar-refractivity contribution in [1.82, 2.24) is 4.90 Å². The summed E-state index contributed by atoms with van der Waals surface area (Å²) in [4.78, 5) is 37.6. The summed E-state index contributed by atoms with van der Waals surface area (Å²) < 4.78 is 39.1. The summed E-state index contributed by atoms with van der Waals surface area (Å²) in [6, 6.07) is 4.19. The number of ketones is 1. The van der Waals surface area contributed by atoms with Gasteiger partial charge < -0.3 is 19.1 Å². The van der Waals surface area contributed by atoms with Crippen LogP contribution in [0.1, 0.15) is 43.5 Å². The van der Waals surface area contributed by atoms with Crippen molar-refractivity contribution in [2.45, 2.75) is 39.2 Å². The summed E-state index contributed by atoms with van der Waals surface area (Å²) in [6.45, 7) is 2.89. The first-order valence-corrected chi connectivity index (χ1v) is 12.0. The number of amides is 1. The normalized spacial score (nSPS) is 17.1. The number of carbonyl (C=O) groups excluding carboxylic acids is 3. The molecule has 1 aromatic rings. The van der Waals surface area contributed by atoms with Gasteiger partial charge in [-0.05, 0) is 38.0 Å². The fourth-order valence-corrected chi connectivity index (χ4v) is 5.00. The molecule has 1 amide bonds. The topological polar surface area (TPSA) is 116 Å². The van der Waals surface area contributed by atoms with Crippen molar-refractivity contribution in [3.8, 4) is 11.5 Å². The summed E-state index contributed by atoms with van der Waals surface area (Å²) in [5, 5.41) is 0. The molecule has 10 heteroatoms. The Morgan fingerprint density at radius 1 is 1.16 bits per heavy atom. The number of hydrogen-bond acceptors (Lipinski definition) is 8. The first kappa shape index (κ1) is 24.6. The first-order valence-electron chi connectivity index (χ1n) is 10.1. The van der Waals surface area contributed by atoms with E-state index in [1.807, 2.05) is 6.92 Å². The van der Waals surface area contributed by atoms with E-state index in [-0.39, 0.29) is 29.1 Å². The third kappa shape index (κ3) is 7.23. The lowest BCUT2D eigenvalue weighted by Crippen LogP contribution is -2.44. The zero-order chi connectivity index (χ0) is 23.0. The van der Waals surface area contributed by atoms with Crippen molar-refractivity contribution >= 4 is 27.5 Å².